The van der Waals surface area contributed by atoms with Gasteiger partial charge in [0.25, 0.3) is 0 Å². The lowest BCUT2D eigenvalue weighted by Gasteiger charge is -2.40. The van der Waals surface area contributed by atoms with E-state index in [1.165, 1.54) is 55.3 Å². The van der Waals surface area contributed by atoms with Crippen molar-refractivity contribution >= 4 is 16.9 Å². The van der Waals surface area contributed by atoms with Gasteiger partial charge in [-0.1, -0.05) is 213 Å². The maximum Gasteiger partial charge on any atom is 0.185 e. The van der Waals surface area contributed by atoms with Crippen LogP contribution in [0.3, 0.4) is 0 Å². The van der Waals surface area contributed by atoms with Crippen LogP contribution in [0.1, 0.15) is 95.5 Å². The molecule has 55 heavy (non-hydrogen) atoms. The van der Waals surface area contributed by atoms with Crippen LogP contribution in [0.2, 0.25) is 0 Å². The lowest BCUT2D eigenvalue weighted by atomic mass is 9.63. The van der Waals surface area contributed by atoms with Crippen molar-refractivity contribution in [1.82, 2.24) is 0 Å². The summed E-state index contributed by atoms with van der Waals surface area (Å²) >= 11 is 0. The molecule has 1 heteroatoms. The van der Waals surface area contributed by atoms with E-state index in [-0.39, 0.29) is 16.6 Å². The summed E-state index contributed by atoms with van der Waals surface area (Å²) < 4.78 is 0. The van der Waals surface area contributed by atoms with E-state index < -0.39 is 5.41 Å². The Morgan fingerprint density at radius 1 is 0.509 bits per heavy atom. The number of hydrogen-bond donors (Lipinski definition) is 0. The molecule has 4 aromatic rings. The van der Waals surface area contributed by atoms with Gasteiger partial charge in [0.2, 0.25) is 0 Å². The van der Waals surface area contributed by atoms with Gasteiger partial charge in [-0.2, -0.15) is 0 Å². The van der Waals surface area contributed by atoms with Crippen LogP contribution >= 0.6 is 0 Å². The van der Waals surface area contributed by atoms with Crippen LogP contribution in [-0.4, -0.2) is 5.78 Å². The molecular weight excluding hydrogens is 665 g/mol. The van der Waals surface area contributed by atoms with Crippen molar-refractivity contribution in [3.05, 3.63) is 213 Å². The minimum absolute atomic E-state index is 0.180. The molecule has 0 heterocycles. The number of ketones is 1. The predicted octanol–water partition coefficient (Wildman–Crippen LogP) is 12.2. The Labute approximate surface area is 328 Å². The van der Waals surface area contributed by atoms with Gasteiger partial charge in [0.1, 0.15) is 0 Å². The van der Waals surface area contributed by atoms with Gasteiger partial charge in [-0.3, -0.25) is 4.79 Å². The summed E-state index contributed by atoms with van der Waals surface area (Å²) in [4.78, 5) is 14.5. The quantitative estimate of drug-likeness (QED) is 0.153. The molecule has 0 saturated carbocycles. The van der Waals surface area contributed by atoms with E-state index in [0.717, 1.165) is 35.6 Å². The first-order chi connectivity index (χ1) is 26.4. The number of allylic oxidation sites excluding steroid dienone is 4. The molecule has 3 aliphatic carbocycles. The van der Waals surface area contributed by atoms with Crippen LogP contribution < -0.4 is 10.4 Å². The topological polar surface area (TPSA) is 17.1 Å². The molecule has 4 aromatic carbocycles. The molecule has 0 bridgehead atoms. The van der Waals surface area contributed by atoms with E-state index in [0.29, 0.717) is 0 Å². The average Bonchev–Trinajstić information content (AvgIpc) is 3.38. The first-order valence-corrected chi connectivity index (χ1v) is 20.0. The van der Waals surface area contributed by atoms with Gasteiger partial charge in [0, 0.05) is 16.6 Å². The van der Waals surface area contributed by atoms with Gasteiger partial charge in [-0.15, -0.1) is 0 Å². The SMILES string of the molecule is CCCCC1(c2cc(=C(c3ccccc3)c3ccccc3)c3cccc(=C(c4ccccc4)c4ccccc4)cc2-3)C=C(C(C)(C)C)C(=O)C(C(C)(C)C)=C1. The Morgan fingerprint density at radius 2 is 0.945 bits per heavy atom. The lowest BCUT2D eigenvalue weighted by molar-refractivity contribution is -0.114. The Morgan fingerprint density at radius 3 is 1.36 bits per heavy atom. The van der Waals surface area contributed by atoms with E-state index in [1.807, 2.05) is 0 Å². The third kappa shape index (κ3) is 7.59. The standard InChI is InChI=1S/C54H54O/c1-8-9-33-54(36-47(52(2,3)4)51(55)48(37-54)53(5,6)7)46-35-45(50(40-27-18-12-19-28-40)41-29-20-13-21-30-41)43-32-22-31-42(34-44(43)46)49(38-23-14-10-15-24-38)39-25-16-11-17-26-39/h10-32,34-37H,8-9,33H2,1-7H3. The number of fused-ring (bicyclic) bond motifs is 1. The fourth-order valence-corrected chi connectivity index (χ4v) is 8.37. The molecule has 0 unspecified atom stereocenters. The fourth-order valence-electron chi connectivity index (χ4n) is 8.37. The highest BCUT2D eigenvalue weighted by molar-refractivity contribution is 6.11. The summed E-state index contributed by atoms with van der Waals surface area (Å²) in [6.45, 7) is 15.4. The van der Waals surface area contributed by atoms with Crippen molar-refractivity contribution in [3.8, 4) is 11.1 Å². The Hall–Kier alpha value is -5.53. The van der Waals surface area contributed by atoms with Gasteiger partial charge < -0.3 is 0 Å². The first-order valence-electron chi connectivity index (χ1n) is 20.0. The van der Waals surface area contributed by atoms with Crippen LogP contribution in [0.25, 0.3) is 22.3 Å². The Bertz CT molecular complexity index is 2330. The van der Waals surface area contributed by atoms with Gasteiger partial charge in [-0.05, 0) is 89.9 Å². The largest absolute Gasteiger partial charge is 0.289 e. The number of hydrogen-bond acceptors (Lipinski definition) is 1. The zero-order valence-electron chi connectivity index (χ0n) is 33.6. The second-order valence-electron chi connectivity index (χ2n) is 17.2. The summed E-state index contributed by atoms with van der Waals surface area (Å²) in [7, 11) is 0. The second-order valence-corrected chi connectivity index (χ2v) is 17.2. The fraction of sp³-hybridized carbons (Fsp3) is 0.241. The summed E-state index contributed by atoms with van der Waals surface area (Å²) in [5, 5.41) is 2.36. The molecule has 276 valence electrons. The van der Waals surface area contributed by atoms with Crippen molar-refractivity contribution in [2.45, 2.75) is 73.1 Å². The van der Waals surface area contributed by atoms with Crippen LogP contribution in [0, 0.1) is 10.8 Å². The molecular formula is C54H54O. The number of rotatable bonds is 8. The lowest BCUT2D eigenvalue weighted by Crippen LogP contribution is -2.36. The third-order valence-electron chi connectivity index (χ3n) is 11.2. The molecule has 0 aliphatic heterocycles. The Balaban J connectivity index is 1.72. The van der Waals surface area contributed by atoms with Gasteiger partial charge in [0.05, 0.1) is 0 Å². The van der Waals surface area contributed by atoms with Crippen molar-refractivity contribution in [1.29, 1.82) is 0 Å². The molecule has 0 atom stereocenters. The van der Waals surface area contributed by atoms with Crippen molar-refractivity contribution in [2.24, 2.45) is 10.8 Å². The second kappa shape index (κ2) is 15.3. The highest BCUT2D eigenvalue weighted by Crippen LogP contribution is 2.49. The van der Waals surface area contributed by atoms with Gasteiger partial charge in [0.15, 0.2) is 5.78 Å². The predicted molar refractivity (Wildman–Crippen MR) is 233 cm³/mol. The Kier molecular flexibility index (Phi) is 10.5. The zero-order valence-corrected chi connectivity index (χ0v) is 33.6. The van der Waals surface area contributed by atoms with Crippen molar-refractivity contribution < 1.29 is 4.79 Å². The maximum absolute atomic E-state index is 14.5. The number of carbonyl (C=O) groups is 1. The van der Waals surface area contributed by atoms with Crippen LogP contribution in [-0.2, 0) is 10.2 Å². The number of Topliss-reactive ketones (excluding diaryl/α,β-unsaturated/α-hetero) is 1. The molecule has 0 aromatic heterocycles. The third-order valence-corrected chi connectivity index (χ3v) is 11.2. The van der Waals surface area contributed by atoms with Gasteiger partial charge >= 0.3 is 0 Å². The molecule has 0 spiro atoms. The number of benzene rings is 4. The average molecular weight is 719 g/mol. The van der Waals surface area contributed by atoms with E-state index in [4.69, 9.17) is 0 Å². The number of unbranched alkanes of at least 4 members (excludes halogenated alkanes) is 1. The zero-order chi connectivity index (χ0) is 38.8. The molecule has 7 rings (SSSR count). The molecule has 3 aliphatic rings. The molecule has 0 saturated heterocycles. The molecule has 0 amide bonds. The first kappa shape index (κ1) is 37.8. The van der Waals surface area contributed by atoms with E-state index in [2.05, 4.69) is 212 Å². The highest BCUT2D eigenvalue weighted by Gasteiger charge is 2.43. The summed E-state index contributed by atoms with van der Waals surface area (Å²) in [5.41, 5.74) is 11.4. The minimum atomic E-state index is -0.505. The van der Waals surface area contributed by atoms with Crippen molar-refractivity contribution in [3.63, 3.8) is 0 Å². The monoisotopic (exact) mass is 718 g/mol. The highest BCUT2D eigenvalue weighted by atomic mass is 16.1. The molecule has 0 N–H and O–H groups in total. The molecule has 0 fully saturated rings. The van der Waals surface area contributed by atoms with Gasteiger partial charge in [-0.25, -0.2) is 0 Å². The van der Waals surface area contributed by atoms with E-state index >= 15 is 0 Å². The van der Waals surface area contributed by atoms with E-state index in [1.54, 1.807) is 0 Å². The minimum Gasteiger partial charge on any atom is -0.289 e. The normalized spacial score (nSPS) is 14.3. The maximum atomic E-state index is 14.5. The number of carbonyl (C=O) groups excluding carboxylic acids is 1. The van der Waals surface area contributed by atoms with Crippen molar-refractivity contribution in [2.75, 3.05) is 0 Å². The molecule has 0 radical (unpaired) electrons. The summed E-state index contributed by atoms with van der Waals surface area (Å²) in [5.74, 6) is 0.180. The smallest absolute Gasteiger partial charge is 0.185 e. The van der Waals surface area contributed by atoms with E-state index in [9.17, 15) is 4.79 Å². The molecule has 1 nitrogen and oxygen atoms in total. The van der Waals surface area contributed by atoms with Crippen LogP contribution in [0.5, 0.6) is 0 Å². The van der Waals surface area contributed by atoms with Crippen LogP contribution in [0.4, 0.5) is 0 Å². The van der Waals surface area contributed by atoms with Crippen LogP contribution in [0.15, 0.2) is 175 Å². The summed E-state index contributed by atoms with van der Waals surface area (Å²) in [6, 6.07) is 54.9. The summed E-state index contributed by atoms with van der Waals surface area (Å²) in [6.07, 6.45) is 7.74.